The van der Waals surface area contributed by atoms with Crippen molar-refractivity contribution in [1.82, 2.24) is 5.43 Å². The van der Waals surface area contributed by atoms with Gasteiger partial charge in [-0.2, -0.15) is 5.10 Å². The first-order chi connectivity index (χ1) is 12.8. The number of anilines is 2. The van der Waals surface area contributed by atoms with Crippen LogP contribution in [-0.2, 0) is 9.59 Å². The van der Waals surface area contributed by atoms with Crippen LogP contribution in [0.1, 0.15) is 36.7 Å². The maximum Gasteiger partial charge on any atom is 0.271 e. The molecule has 0 atom stereocenters. The van der Waals surface area contributed by atoms with Crippen LogP contribution >= 0.6 is 0 Å². The number of hydrogen-bond donors (Lipinski definition) is 3. The van der Waals surface area contributed by atoms with Crippen LogP contribution in [0.15, 0.2) is 53.6 Å². The van der Waals surface area contributed by atoms with Crippen molar-refractivity contribution < 1.29 is 14.4 Å². The van der Waals surface area contributed by atoms with Crippen LogP contribution in [-0.4, -0.2) is 23.9 Å². The van der Waals surface area contributed by atoms with Crippen LogP contribution in [0.5, 0.6) is 0 Å². The van der Waals surface area contributed by atoms with Crippen molar-refractivity contribution in [2.75, 3.05) is 10.6 Å². The largest absolute Gasteiger partial charge is 0.326 e. The summed E-state index contributed by atoms with van der Waals surface area (Å²) in [6.07, 6.45) is 1.51. The highest BCUT2D eigenvalue weighted by atomic mass is 16.2. The van der Waals surface area contributed by atoms with Gasteiger partial charge < -0.3 is 10.6 Å². The quantitative estimate of drug-likeness (QED) is 0.541. The Kier molecular flexibility index (Phi) is 6.82. The van der Waals surface area contributed by atoms with Crippen LogP contribution < -0.4 is 16.1 Å². The molecule has 27 heavy (non-hydrogen) atoms. The lowest BCUT2D eigenvalue weighted by atomic mass is 10.1. The normalized spacial score (nSPS) is 10.7. The van der Waals surface area contributed by atoms with Crippen molar-refractivity contribution in [3.8, 4) is 0 Å². The fraction of sp³-hybridized carbons (Fsp3) is 0.200. The second-order valence-corrected chi connectivity index (χ2v) is 6.22. The molecule has 7 heteroatoms. The van der Waals surface area contributed by atoms with E-state index in [0.717, 1.165) is 5.56 Å². The van der Waals surface area contributed by atoms with Gasteiger partial charge in [-0.1, -0.05) is 26.0 Å². The molecule has 0 bridgehead atoms. The molecule has 0 saturated carbocycles. The molecule has 3 N–H and O–H groups in total. The number of nitrogens with zero attached hydrogens (tertiary/aromatic N) is 1. The molecule has 140 valence electrons. The van der Waals surface area contributed by atoms with Gasteiger partial charge in [0.25, 0.3) is 5.91 Å². The second-order valence-electron chi connectivity index (χ2n) is 6.22. The number of amides is 3. The zero-order valence-electron chi connectivity index (χ0n) is 15.4. The first kappa shape index (κ1) is 19.8. The van der Waals surface area contributed by atoms with E-state index in [4.69, 9.17) is 0 Å². The molecule has 0 aliphatic carbocycles. The van der Waals surface area contributed by atoms with Gasteiger partial charge >= 0.3 is 0 Å². The minimum Gasteiger partial charge on any atom is -0.326 e. The van der Waals surface area contributed by atoms with Crippen LogP contribution in [0, 0.1) is 5.92 Å². The van der Waals surface area contributed by atoms with E-state index in [9.17, 15) is 14.4 Å². The molecule has 0 aliphatic rings. The summed E-state index contributed by atoms with van der Waals surface area (Å²) in [6.45, 7) is 5.06. The molecule has 2 aromatic rings. The number of hydrogen-bond acceptors (Lipinski definition) is 4. The Labute approximate surface area is 157 Å². The summed E-state index contributed by atoms with van der Waals surface area (Å²) in [7, 11) is 0. The van der Waals surface area contributed by atoms with Gasteiger partial charge in [-0.25, -0.2) is 5.43 Å². The third-order valence-electron chi connectivity index (χ3n) is 3.55. The molecular weight excluding hydrogens is 344 g/mol. The lowest BCUT2D eigenvalue weighted by Gasteiger charge is -2.08. The summed E-state index contributed by atoms with van der Waals surface area (Å²) in [6, 6.07) is 13.6. The molecule has 7 nitrogen and oxygen atoms in total. The van der Waals surface area contributed by atoms with E-state index in [0.29, 0.717) is 16.9 Å². The van der Waals surface area contributed by atoms with E-state index < -0.39 is 0 Å². The summed E-state index contributed by atoms with van der Waals surface area (Å²) in [5, 5.41) is 9.35. The topological polar surface area (TPSA) is 99.7 Å². The standard InChI is InChI=1S/C20H22N4O3/c1-13(2)19(26)23-18-10-6-16(7-11-18)20(27)24-21-12-15-4-8-17(9-5-15)22-14(3)25/h4-13H,1-3H3,(H,22,25)(H,23,26)(H,24,27)/b21-12-. The smallest absolute Gasteiger partial charge is 0.271 e. The lowest BCUT2D eigenvalue weighted by molar-refractivity contribution is -0.119. The molecule has 2 rings (SSSR count). The molecule has 0 saturated heterocycles. The van der Waals surface area contributed by atoms with E-state index in [1.165, 1.54) is 13.1 Å². The van der Waals surface area contributed by atoms with Gasteiger partial charge in [-0.05, 0) is 42.0 Å². The molecule has 0 spiro atoms. The molecule has 0 unspecified atom stereocenters. The van der Waals surface area contributed by atoms with Crippen LogP contribution in [0.2, 0.25) is 0 Å². The van der Waals surface area contributed by atoms with Crippen molar-refractivity contribution in [1.29, 1.82) is 0 Å². The Hall–Kier alpha value is -3.48. The Morgan fingerprint density at radius 3 is 2.00 bits per heavy atom. The van der Waals surface area contributed by atoms with Crippen molar-refractivity contribution >= 4 is 35.3 Å². The van der Waals surface area contributed by atoms with E-state index in [-0.39, 0.29) is 23.6 Å². The van der Waals surface area contributed by atoms with Gasteiger partial charge in [0.05, 0.1) is 6.21 Å². The summed E-state index contributed by atoms with van der Waals surface area (Å²) < 4.78 is 0. The minimum absolute atomic E-state index is 0.0821. The van der Waals surface area contributed by atoms with E-state index in [2.05, 4.69) is 21.2 Å². The highest BCUT2D eigenvalue weighted by molar-refractivity contribution is 5.96. The van der Waals surface area contributed by atoms with Gasteiger partial charge in [0.2, 0.25) is 11.8 Å². The Morgan fingerprint density at radius 2 is 1.44 bits per heavy atom. The predicted octanol–water partition coefficient (Wildman–Crippen LogP) is 3.00. The average molecular weight is 366 g/mol. The fourth-order valence-electron chi connectivity index (χ4n) is 2.08. The maximum atomic E-state index is 12.1. The molecule has 2 aromatic carbocycles. The summed E-state index contributed by atoms with van der Waals surface area (Å²) in [5.74, 6) is -0.697. The average Bonchev–Trinajstić information content (AvgIpc) is 2.63. The van der Waals surface area contributed by atoms with Crippen molar-refractivity contribution in [3.05, 3.63) is 59.7 Å². The third-order valence-corrected chi connectivity index (χ3v) is 3.55. The summed E-state index contributed by atoms with van der Waals surface area (Å²) in [4.78, 5) is 34.7. The Balaban J connectivity index is 1.90. The molecule has 3 amide bonds. The number of rotatable bonds is 6. The lowest BCUT2D eigenvalue weighted by Crippen LogP contribution is -2.19. The van der Waals surface area contributed by atoms with Gasteiger partial charge in [0.1, 0.15) is 0 Å². The molecular formula is C20H22N4O3. The van der Waals surface area contributed by atoms with Crippen LogP contribution in [0.4, 0.5) is 11.4 Å². The maximum absolute atomic E-state index is 12.1. The number of hydrazone groups is 1. The molecule has 0 fully saturated rings. The highest BCUT2D eigenvalue weighted by Crippen LogP contribution is 2.11. The Bertz CT molecular complexity index is 841. The van der Waals surface area contributed by atoms with Gasteiger partial charge in [-0.3, -0.25) is 14.4 Å². The number of nitrogens with one attached hydrogen (secondary N) is 3. The van der Waals surface area contributed by atoms with E-state index in [1.807, 2.05) is 13.8 Å². The fourth-order valence-corrected chi connectivity index (χ4v) is 2.08. The Morgan fingerprint density at radius 1 is 0.889 bits per heavy atom. The van der Waals surface area contributed by atoms with Crippen molar-refractivity contribution in [2.45, 2.75) is 20.8 Å². The molecule has 0 aliphatic heterocycles. The van der Waals surface area contributed by atoms with Gasteiger partial charge in [0, 0.05) is 29.8 Å². The van der Waals surface area contributed by atoms with Crippen LogP contribution in [0.25, 0.3) is 0 Å². The minimum atomic E-state index is -0.358. The first-order valence-electron chi connectivity index (χ1n) is 8.47. The third kappa shape index (κ3) is 6.39. The number of carbonyl (C=O) groups is 3. The summed E-state index contributed by atoms with van der Waals surface area (Å²) >= 11 is 0. The molecule has 0 heterocycles. The van der Waals surface area contributed by atoms with Crippen LogP contribution in [0.3, 0.4) is 0 Å². The van der Waals surface area contributed by atoms with Crippen molar-refractivity contribution in [2.24, 2.45) is 11.0 Å². The molecule has 0 aromatic heterocycles. The van der Waals surface area contributed by atoms with Gasteiger partial charge in [-0.15, -0.1) is 0 Å². The highest BCUT2D eigenvalue weighted by Gasteiger charge is 2.08. The van der Waals surface area contributed by atoms with E-state index in [1.54, 1.807) is 48.5 Å². The summed E-state index contributed by atoms with van der Waals surface area (Å²) in [5.41, 5.74) is 4.97. The SMILES string of the molecule is CC(=O)Nc1ccc(/C=N\NC(=O)c2ccc(NC(=O)C(C)C)cc2)cc1. The zero-order valence-corrected chi connectivity index (χ0v) is 15.4. The van der Waals surface area contributed by atoms with E-state index >= 15 is 0 Å². The van der Waals surface area contributed by atoms with Gasteiger partial charge in [0.15, 0.2) is 0 Å². The zero-order chi connectivity index (χ0) is 19.8. The number of carbonyl (C=O) groups excluding carboxylic acids is 3. The van der Waals surface area contributed by atoms with Crippen molar-refractivity contribution in [3.63, 3.8) is 0 Å². The number of benzene rings is 2. The monoisotopic (exact) mass is 366 g/mol. The first-order valence-corrected chi connectivity index (χ1v) is 8.47. The molecule has 0 radical (unpaired) electrons. The second kappa shape index (κ2) is 9.28. The predicted molar refractivity (Wildman–Crippen MR) is 106 cm³/mol.